The molecule has 106 valence electrons. The lowest BCUT2D eigenvalue weighted by Crippen LogP contribution is -2.14. The minimum Gasteiger partial charge on any atom is -0.322 e. The van der Waals surface area contributed by atoms with Crippen LogP contribution in [0.15, 0.2) is 42.5 Å². The number of benzene rings is 2. The maximum atomic E-state index is 12.1. The Labute approximate surface area is 124 Å². The summed E-state index contributed by atoms with van der Waals surface area (Å²) in [5.41, 5.74) is 0.264. The van der Waals surface area contributed by atoms with E-state index in [1.165, 1.54) is 18.2 Å². The average molecular weight is 305 g/mol. The second-order valence-corrected chi connectivity index (χ2v) is 4.55. The summed E-state index contributed by atoms with van der Waals surface area (Å²) in [5, 5.41) is 13.6. The highest BCUT2D eigenvalue weighted by Crippen LogP contribution is 2.24. The van der Waals surface area contributed by atoms with Crippen molar-refractivity contribution in [2.24, 2.45) is 0 Å². The van der Waals surface area contributed by atoms with Gasteiger partial charge in [-0.1, -0.05) is 23.7 Å². The van der Waals surface area contributed by atoms with E-state index < -0.39 is 10.8 Å². The molecular weight excluding hydrogens is 296 g/mol. The summed E-state index contributed by atoms with van der Waals surface area (Å²) in [6.45, 7) is 0. The topological polar surface area (TPSA) is 89.3 Å². The van der Waals surface area contributed by atoms with Crippen LogP contribution in [0.1, 0.15) is 20.7 Å². The molecule has 0 aliphatic rings. The van der Waals surface area contributed by atoms with Crippen LogP contribution in [0, 0.1) is 10.1 Å². The summed E-state index contributed by atoms with van der Waals surface area (Å²) in [6.07, 6.45) is 0.639. The van der Waals surface area contributed by atoms with Gasteiger partial charge in [0.25, 0.3) is 11.6 Å². The fourth-order valence-corrected chi connectivity index (χ4v) is 1.90. The molecule has 2 rings (SSSR count). The Morgan fingerprint density at radius 1 is 1.24 bits per heavy atom. The Balaban J connectivity index is 2.32. The molecule has 0 aromatic heterocycles. The fraction of sp³-hybridized carbons (Fsp3) is 0. The molecule has 0 aliphatic heterocycles. The number of aldehydes is 1. The van der Waals surface area contributed by atoms with Crippen LogP contribution in [0.5, 0.6) is 0 Å². The van der Waals surface area contributed by atoms with Crippen molar-refractivity contribution < 1.29 is 14.5 Å². The van der Waals surface area contributed by atoms with Crippen molar-refractivity contribution in [3.8, 4) is 0 Å². The van der Waals surface area contributed by atoms with Crippen molar-refractivity contribution in [1.82, 2.24) is 0 Å². The number of carbonyl (C=O) groups excluding carboxylic acids is 2. The molecule has 0 heterocycles. The first-order valence-electron chi connectivity index (χ1n) is 5.82. The number of nitrogens with one attached hydrogen (secondary N) is 1. The Morgan fingerprint density at radius 3 is 2.67 bits per heavy atom. The molecule has 0 spiro atoms. The van der Waals surface area contributed by atoms with Crippen LogP contribution in [-0.4, -0.2) is 17.1 Å². The molecule has 21 heavy (non-hydrogen) atoms. The zero-order valence-corrected chi connectivity index (χ0v) is 11.3. The van der Waals surface area contributed by atoms with E-state index in [0.29, 0.717) is 17.5 Å². The maximum Gasteiger partial charge on any atom is 0.283 e. The molecule has 0 fully saturated rings. The third kappa shape index (κ3) is 3.43. The first-order valence-corrected chi connectivity index (χ1v) is 6.19. The molecule has 2 aromatic carbocycles. The minimum atomic E-state index is -0.678. The maximum absolute atomic E-state index is 12.1. The molecule has 7 heteroatoms. The van der Waals surface area contributed by atoms with Gasteiger partial charge in [-0.3, -0.25) is 19.7 Å². The summed E-state index contributed by atoms with van der Waals surface area (Å²) in [7, 11) is 0. The van der Waals surface area contributed by atoms with Gasteiger partial charge in [0.15, 0.2) is 0 Å². The second-order valence-electron chi connectivity index (χ2n) is 4.12. The lowest BCUT2D eigenvalue weighted by Gasteiger charge is -2.06. The summed E-state index contributed by atoms with van der Waals surface area (Å²) >= 11 is 5.69. The van der Waals surface area contributed by atoms with Gasteiger partial charge in [0, 0.05) is 22.3 Å². The molecule has 0 atom stereocenters. The number of halogens is 1. The van der Waals surface area contributed by atoms with E-state index in [4.69, 9.17) is 11.6 Å². The summed E-state index contributed by atoms with van der Waals surface area (Å²) in [4.78, 5) is 33.1. The molecule has 6 nitrogen and oxygen atoms in total. The fourth-order valence-electron chi connectivity index (χ4n) is 1.74. The molecule has 1 N–H and O–H groups in total. The van der Waals surface area contributed by atoms with Crippen molar-refractivity contribution in [1.29, 1.82) is 0 Å². The molecule has 0 aliphatic carbocycles. The minimum absolute atomic E-state index is 0.110. The number of nitro benzene ring substituents is 1. The van der Waals surface area contributed by atoms with Crippen LogP contribution < -0.4 is 5.32 Å². The Hall–Kier alpha value is -2.73. The number of hydrogen-bond acceptors (Lipinski definition) is 4. The molecule has 0 radical (unpaired) electrons. The van der Waals surface area contributed by atoms with Gasteiger partial charge in [0.2, 0.25) is 0 Å². The number of rotatable bonds is 4. The van der Waals surface area contributed by atoms with E-state index in [0.717, 1.165) is 6.07 Å². The number of nitrogens with zero attached hydrogens (tertiary/aromatic N) is 1. The predicted octanol–water partition coefficient (Wildman–Crippen LogP) is 3.31. The van der Waals surface area contributed by atoms with E-state index in [1.807, 2.05) is 0 Å². The number of hydrogen-bond donors (Lipinski definition) is 1. The lowest BCUT2D eigenvalue weighted by molar-refractivity contribution is -0.385. The van der Waals surface area contributed by atoms with Gasteiger partial charge >= 0.3 is 0 Å². The number of nitro groups is 1. The van der Waals surface area contributed by atoms with Crippen molar-refractivity contribution >= 4 is 35.2 Å². The lowest BCUT2D eigenvalue weighted by atomic mass is 10.1. The van der Waals surface area contributed by atoms with Gasteiger partial charge in [0.1, 0.15) is 11.8 Å². The van der Waals surface area contributed by atoms with Crippen molar-refractivity contribution in [2.75, 3.05) is 5.32 Å². The smallest absolute Gasteiger partial charge is 0.283 e. The van der Waals surface area contributed by atoms with Crippen LogP contribution in [-0.2, 0) is 0 Å². The standard InChI is InChI=1S/C14H9ClN2O4/c15-10-4-5-12(13(7-10)17(20)21)14(19)16-11-3-1-2-9(6-11)8-18/h1-8H,(H,16,19). The van der Waals surface area contributed by atoms with Crippen LogP contribution in [0.4, 0.5) is 11.4 Å². The van der Waals surface area contributed by atoms with Gasteiger partial charge in [0.05, 0.1) is 4.92 Å². The molecule has 2 aromatic rings. The Morgan fingerprint density at radius 2 is 2.00 bits per heavy atom. The molecule has 0 bridgehead atoms. The SMILES string of the molecule is O=Cc1cccc(NC(=O)c2ccc(Cl)cc2[N+](=O)[O-])c1. The Bertz CT molecular complexity index is 731. The van der Waals surface area contributed by atoms with Crippen LogP contribution in [0.3, 0.4) is 0 Å². The van der Waals surface area contributed by atoms with Crippen LogP contribution in [0.2, 0.25) is 5.02 Å². The third-order valence-corrected chi connectivity index (χ3v) is 2.92. The largest absolute Gasteiger partial charge is 0.322 e. The van der Waals surface area contributed by atoms with Gasteiger partial charge in [-0.15, -0.1) is 0 Å². The first kappa shape index (κ1) is 14.7. The normalized spacial score (nSPS) is 9.95. The van der Waals surface area contributed by atoms with Gasteiger partial charge in [-0.25, -0.2) is 0 Å². The van der Waals surface area contributed by atoms with E-state index >= 15 is 0 Å². The average Bonchev–Trinajstić information content (AvgIpc) is 2.47. The molecule has 0 saturated heterocycles. The summed E-state index contributed by atoms with van der Waals surface area (Å²) in [5.74, 6) is -0.651. The highest BCUT2D eigenvalue weighted by molar-refractivity contribution is 6.31. The first-order chi connectivity index (χ1) is 10.0. The van der Waals surface area contributed by atoms with Crippen molar-refractivity contribution in [3.05, 3.63) is 68.7 Å². The zero-order chi connectivity index (χ0) is 15.4. The number of anilines is 1. The third-order valence-electron chi connectivity index (χ3n) is 2.68. The highest BCUT2D eigenvalue weighted by atomic mass is 35.5. The summed E-state index contributed by atoms with van der Waals surface area (Å²) < 4.78 is 0. The highest BCUT2D eigenvalue weighted by Gasteiger charge is 2.20. The Kier molecular flexibility index (Phi) is 4.30. The second kappa shape index (κ2) is 6.15. The molecule has 0 saturated carbocycles. The van der Waals surface area contributed by atoms with E-state index in [-0.39, 0.29) is 16.3 Å². The van der Waals surface area contributed by atoms with E-state index in [9.17, 15) is 19.7 Å². The van der Waals surface area contributed by atoms with Gasteiger partial charge in [-0.2, -0.15) is 0 Å². The number of carbonyl (C=O) groups is 2. The monoisotopic (exact) mass is 304 g/mol. The van der Waals surface area contributed by atoms with E-state index in [2.05, 4.69) is 5.32 Å². The predicted molar refractivity (Wildman–Crippen MR) is 77.9 cm³/mol. The van der Waals surface area contributed by atoms with Crippen molar-refractivity contribution in [3.63, 3.8) is 0 Å². The van der Waals surface area contributed by atoms with Gasteiger partial charge < -0.3 is 5.32 Å². The quantitative estimate of drug-likeness (QED) is 0.533. The molecule has 1 amide bonds. The van der Waals surface area contributed by atoms with E-state index in [1.54, 1.807) is 18.2 Å². The van der Waals surface area contributed by atoms with Crippen LogP contribution >= 0.6 is 11.6 Å². The molecule has 0 unspecified atom stereocenters. The molecular formula is C14H9ClN2O4. The number of amides is 1. The van der Waals surface area contributed by atoms with Crippen molar-refractivity contribution in [2.45, 2.75) is 0 Å². The van der Waals surface area contributed by atoms with Gasteiger partial charge in [-0.05, 0) is 24.3 Å². The van der Waals surface area contributed by atoms with Crippen LogP contribution in [0.25, 0.3) is 0 Å². The zero-order valence-electron chi connectivity index (χ0n) is 10.6. The summed E-state index contributed by atoms with van der Waals surface area (Å²) in [6, 6.07) is 9.99.